The van der Waals surface area contributed by atoms with Gasteiger partial charge in [-0.25, -0.2) is 0 Å². The number of hydrogen-bond donors (Lipinski definition) is 0. The number of halogens is 2. The number of fused-ring (bicyclic) bond motifs is 2. The zero-order valence-electron chi connectivity index (χ0n) is 17.7. The number of aromatic nitrogens is 1. The van der Waals surface area contributed by atoms with Gasteiger partial charge in [0.15, 0.2) is 0 Å². The van der Waals surface area contributed by atoms with Crippen molar-refractivity contribution in [3.63, 3.8) is 0 Å². The topological polar surface area (TPSA) is 4.93 Å². The molecule has 4 heteroatoms. The molecular weight excluding hydrogens is 488 g/mol. The molecule has 1 heterocycles. The Kier molecular flexibility index (Phi) is 9.82. The van der Waals surface area contributed by atoms with Crippen LogP contribution >= 0.6 is 0 Å². The smallest absolute Gasteiger partial charge is 1.00 e. The molecule has 0 spiro atoms. The van der Waals surface area contributed by atoms with E-state index in [0.29, 0.717) is 0 Å². The van der Waals surface area contributed by atoms with Crippen LogP contribution in [0.4, 0.5) is 0 Å². The van der Waals surface area contributed by atoms with Crippen LogP contribution in [0, 0.1) is 27.7 Å². The zero-order chi connectivity index (χ0) is 19.0. The monoisotopic (exact) mass is 511 g/mol. The summed E-state index contributed by atoms with van der Waals surface area (Å²) in [6.07, 6.45) is 2.14. The fourth-order valence-corrected chi connectivity index (χ4v) is 3.71. The molecule has 5 rings (SSSR count). The summed E-state index contributed by atoms with van der Waals surface area (Å²) in [6.45, 7) is 8.68. The molecule has 0 unspecified atom stereocenters. The number of rotatable bonds is 1. The fourth-order valence-electron chi connectivity index (χ4n) is 3.71. The molecule has 0 aliphatic heterocycles. The van der Waals surface area contributed by atoms with Crippen LogP contribution in [0.25, 0.3) is 27.4 Å². The summed E-state index contributed by atoms with van der Waals surface area (Å²) in [6, 6.07) is 25.8. The molecule has 0 saturated carbocycles. The maximum Gasteiger partial charge on any atom is 4.00 e. The summed E-state index contributed by atoms with van der Waals surface area (Å²) in [4.78, 5) is 0. The third-order valence-electron chi connectivity index (χ3n) is 5.66. The predicted octanol–water partition coefficient (Wildman–Crippen LogP) is 1.15. The van der Waals surface area contributed by atoms with Crippen LogP contribution in [-0.2, 0) is 26.2 Å². The standard InChI is InChI=1S/C17H12N.C9H13.2ClH.Zr/c1-2-7-15-12-16(11-14(15)6-1)18-10-9-13-5-3-4-8-17(13)18;1-6-5-7(2)9(4)8(6)3;;;/h1-12H;5H,1-4H3;2*1H;/q2*-1;;;+4/p-2. The molecule has 0 N–H and O–H groups in total. The van der Waals surface area contributed by atoms with Gasteiger partial charge < -0.3 is 29.4 Å². The first kappa shape index (κ1) is 26.4. The number of para-hydroxylation sites is 1. The SMILES string of the molecule is Cc1c[c-](C)c(C)c1C.[Cl-].[Cl-].[Zr+4].c1ccc2[cH-]c(-n3ccc4ccccc43)cc2c1. The zero-order valence-corrected chi connectivity index (χ0v) is 21.7. The molecule has 1 nitrogen and oxygen atoms in total. The molecule has 0 bridgehead atoms. The van der Waals surface area contributed by atoms with Crippen LogP contribution in [0.5, 0.6) is 0 Å². The van der Waals surface area contributed by atoms with Crippen molar-refractivity contribution in [3.8, 4) is 5.69 Å². The molecular formula is C26H25Cl2NZr. The maximum absolute atomic E-state index is 2.25. The number of aryl methyl sites for hydroxylation is 2. The molecule has 1 aromatic heterocycles. The van der Waals surface area contributed by atoms with Crippen molar-refractivity contribution < 1.29 is 51.0 Å². The minimum absolute atomic E-state index is 0. The summed E-state index contributed by atoms with van der Waals surface area (Å²) >= 11 is 0. The van der Waals surface area contributed by atoms with Gasteiger partial charge in [-0.3, -0.25) is 0 Å². The van der Waals surface area contributed by atoms with E-state index in [9.17, 15) is 0 Å². The third kappa shape index (κ3) is 5.17. The molecule has 0 aliphatic rings. The second kappa shape index (κ2) is 11.1. The van der Waals surface area contributed by atoms with Gasteiger partial charge in [0.05, 0.1) is 5.52 Å². The van der Waals surface area contributed by atoms with Gasteiger partial charge in [0.2, 0.25) is 0 Å². The summed E-state index contributed by atoms with van der Waals surface area (Å²) in [5.41, 5.74) is 8.24. The Hall–Kier alpha value is -1.60. The summed E-state index contributed by atoms with van der Waals surface area (Å²) < 4.78 is 2.25. The van der Waals surface area contributed by atoms with Crippen LogP contribution < -0.4 is 24.8 Å². The van der Waals surface area contributed by atoms with E-state index in [1.165, 1.54) is 49.6 Å². The average Bonchev–Trinajstić information content (AvgIpc) is 3.35. The first-order chi connectivity index (χ1) is 13.0. The number of hydrogen-bond acceptors (Lipinski definition) is 0. The van der Waals surface area contributed by atoms with E-state index in [-0.39, 0.29) is 51.0 Å². The molecule has 0 amide bonds. The second-order valence-corrected chi connectivity index (χ2v) is 7.35. The van der Waals surface area contributed by atoms with Gasteiger partial charge in [-0.15, -0.1) is 41.1 Å². The van der Waals surface area contributed by atoms with Crippen molar-refractivity contribution in [2.45, 2.75) is 27.7 Å². The minimum atomic E-state index is 0. The molecule has 0 saturated heterocycles. The van der Waals surface area contributed by atoms with Gasteiger partial charge in [-0.05, 0) is 23.2 Å². The predicted molar refractivity (Wildman–Crippen MR) is 117 cm³/mol. The Labute approximate surface area is 210 Å². The van der Waals surface area contributed by atoms with Crippen LogP contribution in [-0.4, -0.2) is 4.57 Å². The first-order valence-electron chi connectivity index (χ1n) is 9.46. The number of nitrogens with zero attached hydrogens (tertiary/aromatic N) is 1. The van der Waals surface area contributed by atoms with Gasteiger partial charge in [-0.1, -0.05) is 52.0 Å². The first-order valence-corrected chi connectivity index (χ1v) is 9.46. The normalized spacial score (nSPS) is 9.87. The van der Waals surface area contributed by atoms with Gasteiger partial charge in [0.1, 0.15) is 0 Å². The van der Waals surface area contributed by atoms with E-state index in [0.717, 1.165) is 0 Å². The Balaban J connectivity index is 0.000000327. The van der Waals surface area contributed by atoms with Crippen molar-refractivity contribution in [3.05, 3.63) is 101 Å². The van der Waals surface area contributed by atoms with Crippen LogP contribution in [0.1, 0.15) is 22.3 Å². The van der Waals surface area contributed by atoms with Gasteiger partial charge >= 0.3 is 26.2 Å². The molecule has 0 radical (unpaired) electrons. The summed E-state index contributed by atoms with van der Waals surface area (Å²) in [5.74, 6) is 0. The molecule has 0 fully saturated rings. The van der Waals surface area contributed by atoms with Gasteiger partial charge in [0, 0.05) is 6.20 Å². The van der Waals surface area contributed by atoms with E-state index in [4.69, 9.17) is 0 Å². The molecule has 0 atom stereocenters. The van der Waals surface area contributed by atoms with Crippen molar-refractivity contribution >= 4 is 21.7 Å². The van der Waals surface area contributed by atoms with Crippen molar-refractivity contribution in [1.29, 1.82) is 0 Å². The van der Waals surface area contributed by atoms with Crippen molar-refractivity contribution in [1.82, 2.24) is 4.57 Å². The Morgan fingerprint density at radius 3 is 2.03 bits per heavy atom. The van der Waals surface area contributed by atoms with Gasteiger partial charge in [-0.2, -0.15) is 28.3 Å². The van der Waals surface area contributed by atoms with Crippen molar-refractivity contribution in [2.75, 3.05) is 0 Å². The summed E-state index contributed by atoms with van der Waals surface area (Å²) in [5, 5.41) is 3.87. The van der Waals surface area contributed by atoms with E-state index in [2.05, 4.69) is 111 Å². The van der Waals surface area contributed by atoms with Gasteiger partial charge in [0.25, 0.3) is 0 Å². The molecule has 0 aliphatic carbocycles. The minimum Gasteiger partial charge on any atom is -1.00 e. The largest absolute Gasteiger partial charge is 4.00 e. The van der Waals surface area contributed by atoms with Crippen molar-refractivity contribution in [2.24, 2.45) is 0 Å². The average molecular weight is 514 g/mol. The Morgan fingerprint density at radius 2 is 1.47 bits per heavy atom. The molecule has 4 aromatic carbocycles. The van der Waals surface area contributed by atoms with Crippen LogP contribution in [0.15, 0.2) is 79.0 Å². The second-order valence-electron chi connectivity index (χ2n) is 7.35. The Morgan fingerprint density at radius 1 is 0.833 bits per heavy atom. The molecule has 152 valence electrons. The molecule has 30 heavy (non-hydrogen) atoms. The van der Waals surface area contributed by atoms with Crippen LogP contribution in [0.3, 0.4) is 0 Å². The Bertz CT molecular complexity index is 1170. The quantitative estimate of drug-likeness (QED) is 0.297. The maximum atomic E-state index is 2.25. The van der Waals surface area contributed by atoms with Crippen LogP contribution in [0.2, 0.25) is 0 Å². The summed E-state index contributed by atoms with van der Waals surface area (Å²) in [7, 11) is 0. The number of benzene rings is 2. The third-order valence-corrected chi connectivity index (χ3v) is 5.66. The fraction of sp³-hybridized carbons (Fsp3) is 0.154. The van der Waals surface area contributed by atoms with E-state index >= 15 is 0 Å². The molecule has 5 aromatic rings. The van der Waals surface area contributed by atoms with E-state index in [1.807, 2.05) is 0 Å². The van der Waals surface area contributed by atoms with E-state index in [1.54, 1.807) is 0 Å². The van der Waals surface area contributed by atoms with E-state index < -0.39 is 0 Å².